The van der Waals surface area contributed by atoms with Crippen LogP contribution in [0.3, 0.4) is 0 Å². The Balaban J connectivity index is 1.19. The van der Waals surface area contributed by atoms with E-state index in [1.165, 1.54) is 0 Å². The molecule has 2 aliphatic rings. The van der Waals surface area contributed by atoms with Gasteiger partial charge in [0.25, 0.3) is 5.91 Å². The Bertz CT molecular complexity index is 1710. The number of aryl methyl sites for hydroxylation is 1. The highest BCUT2D eigenvalue weighted by atomic mass is 32.1. The summed E-state index contributed by atoms with van der Waals surface area (Å²) in [7, 11) is 0. The molecule has 266 valence electrons. The fraction of sp³-hybridized carbons (Fsp3) is 0.475. The van der Waals surface area contributed by atoms with Crippen LogP contribution < -0.4 is 10.6 Å². The van der Waals surface area contributed by atoms with Gasteiger partial charge >= 0.3 is 12.1 Å². The Hall–Kier alpha value is -4.33. The summed E-state index contributed by atoms with van der Waals surface area (Å²) < 4.78 is 5.46. The first-order chi connectivity index (χ1) is 23.8. The minimum Gasteiger partial charge on any atom is -0.481 e. The number of carbonyl (C=O) groups excluding carboxylic acids is 2. The first-order valence-corrected chi connectivity index (χ1v) is 18.5. The highest BCUT2D eigenvalue weighted by Crippen LogP contribution is 2.31. The Morgan fingerprint density at radius 3 is 2.50 bits per heavy atom. The number of rotatable bonds is 11. The van der Waals surface area contributed by atoms with Crippen molar-refractivity contribution in [2.75, 3.05) is 38.0 Å². The van der Waals surface area contributed by atoms with E-state index >= 15 is 0 Å². The summed E-state index contributed by atoms with van der Waals surface area (Å²) >= 11 is 1.68. The molecule has 0 saturated carbocycles. The molecule has 1 atom stereocenters. The van der Waals surface area contributed by atoms with Gasteiger partial charge in [-0.3, -0.25) is 9.59 Å². The van der Waals surface area contributed by atoms with Gasteiger partial charge in [0.15, 0.2) is 0 Å². The van der Waals surface area contributed by atoms with Gasteiger partial charge in [-0.2, -0.15) is 0 Å². The molecule has 50 heavy (non-hydrogen) atoms. The molecule has 5 rings (SSSR count). The van der Waals surface area contributed by atoms with E-state index in [0.717, 1.165) is 78.1 Å². The number of hydrogen-bond donors (Lipinski definition) is 3. The number of unbranched alkanes of at least 4 members (excludes halogenated alkanes) is 1. The van der Waals surface area contributed by atoms with Gasteiger partial charge in [-0.15, -0.1) is 11.3 Å². The predicted octanol–water partition coefficient (Wildman–Crippen LogP) is 7.56. The van der Waals surface area contributed by atoms with Crippen molar-refractivity contribution in [2.24, 2.45) is 5.92 Å². The first kappa shape index (κ1) is 36.9. The molecule has 0 radical (unpaired) electrons. The van der Waals surface area contributed by atoms with Crippen LogP contribution in [-0.2, 0) is 9.53 Å². The summed E-state index contributed by atoms with van der Waals surface area (Å²) in [6.45, 7) is 13.5. The number of thiophene rings is 1. The van der Waals surface area contributed by atoms with Crippen molar-refractivity contribution in [3.63, 3.8) is 0 Å². The van der Waals surface area contributed by atoms with Gasteiger partial charge in [-0.05, 0) is 127 Å². The topological polar surface area (TPSA) is 111 Å². The van der Waals surface area contributed by atoms with Crippen LogP contribution in [0.1, 0.15) is 92.9 Å². The van der Waals surface area contributed by atoms with Gasteiger partial charge in [-0.1, -0.05) is 30.0 Å². The molecule has 3 heterocycles. The van der Waals surface area contributed by atoms with Crippen molar-refractivity contribution in [1.29, 1.82) is 0 Å². The third kappa shape index (κ3) is 10.3. The third-order valence-corrected chi connectivity index (χ3v) is 10.1. The average Bonchev–Trinajstić information content (AvgIpc) is 3.59. The van der Waals surface area contributed by atoms with Crippen molar-refractivity contribution >= 4 is 35.0 Å². The number of aliphatic carboxylic acids is 1. The molecule has 2 saturated heterocycles. The van der Waals surface area contributed by atoms with E-state index in [9.17, 15) is 14.4 Å². The molecule has 3 N–H and O–H groups in total. The number of likely N-dealkylation sites (tertiary alicyclic amines) is 2. The zero-order valence-corrected chi connectivity index (χ0v) is 30.7. The quantitative estimate of drug-likeness (QED) is 0.140. The van der Waals surface area contributed by atoms with Crippen LogP contribution >= 0.6 is 11.3 Å². The summed E-state index contributed by atoms with van der Waals surface area (Å²) in [6, 6.07) is 16.1. The monoisotopic (exact) mass is 698 g/mol. The standard InChI is InChI=1S/C40H50N4O5S/c1-27-11-16-32(42-33-25-44(26-33)39(48)49-40(3,4)5)24-34(27)38(47)41-28(2)31-15-14-30(35(23-31)36-9-8-22-50-36)13-12-29-17-20-43(21-18-29)19-7-6-10-37(45)46/h8-9,11,14-16,22-24,28-29,33,42H,6-7,10,17-21,25-26H2,1-5H3,(H,41,47)(H,45,46)/t28-/m0/s1. The molecule has 2 fully saturated rings. The number of nitrogens with zero attached hydrogens (tertiary/aromatic N) is 2. The van der Waals surface area contributed by atoms with Crippen LogP contribution in [-0.4, -0.2) is 77.2 Å². The van der Waals surface area contributed by atoms with Crippen LogP contribution in [0.4, 0.5) is 10.5 Å². The van der Waals surface area contributed by atoms with Crippen molar-refractivity contribution in [1.82, 2.24) is 15.1 Å². The number of amides is 2. The SMILES string of the molecule is Cc1ccc(NC2CN(C(=O)OC(C)(C)C)C2)cc1C(=O)N[C@@H](C)c1ccc(C#CC2CCN(CCCCC(=O)O)CC2)c(-c2cccs2)c1. The first-order valence-electron chi connectivity index (χ1n) is 17.6. The predicted molar refractivity (Wildman–Crippen MR) is 200 cm³/mol. The van der Waals surface area contributed by atoms with E-state index in [-0.39, 0.29) is 30.5 Å². The lowest BCUT2D eigenvalue weighted by atomic mass is 9.95. The summed E-state index contributed by atoms with van der Waals surface area (Å²) in [5.41, 5.74) is 4.88. The number of hydrogen-bond acceptors (Lipinski definition) is 7. The molecule has 2 aliphatic heterocycles. The number of piperidine rings is 1. The lowest BCUT2D eigenvalue weighted by Gasteiger charge is -2.40. The molecule has 0 unspecified atom stereocenters. The van der Waals surface area contributed by atoms with E-state index in [1.807, 2.05) is 58.9 Å². The Morgan fingerprint density at radius 2 is 1.82 bits per heavy atom. The fourth-order valence-corrected chi connectivity index (χ4v) is 7.02. The number of ether oxygens (including phenoxy) is 1. The van der Waals surface area contributed by atoms with Gasteiger partial charge in [0.2, 0.25) is 0 Å². The fourth-order valence-electron chi connectivity index (χ4n) is 6.26. The molecule has 10 heteroatoms. The molecule has 1 aromatic heterocycles. The molecule has 3 aromatic rings. The summed E-state index contributed by atoms with van der Waals surface area (Å²) in [4.78, 5) is 41.9. The summed E-state index contributed by atoms with van der Waals surface area (Å²) in [5, 5.41) is 17.6. The minimum atomic E-state index is -0.723. The second kappa shape index (κ2) is 16.6. The number of carboxylic acid groups (broad SMARTS) is 1. The van der Waals surface area contributed by atoms with Gasteiger partial charge < -0.3 is 30.3 Å². The van der Waals surface area contributed by atoms with E-state index in [2.05, 4.69) is 57.0 Å². The van der Waals surface area contributed by atoms with Crippen LogP contribution in [0, 0.1) is 24.7 Å². The molecular formula is C40H50N4O5S. The highest BCUT2D eigenvalue weighted by molar-refractivity contribution is 7.13. The van der Waals surface area contributed by atoms with Crippen molar-refractivity contribution in [3.8, 4) is 22.3 Å². The van der Waals surface area contributed by atoms with Crippen molar-refractivity contribution in [3.05, 3.63) is 76.2 Å². The summed E-state index contributed by atoms with van der Waals surface area (Å²) in [5.74, 6) is 6.50. The molecule has 2 amide bonds. The van der Waals surface area contributed by atoms with Gasteiger partial charge in [0.05, 0.1) is 12.1 Å². The maximum absolute atomic E-state index is 13.6. The number of carbonyl (C=O) groups is 3. The number of anilines is 1. The van der Waals surface area contributed by atoms with Gasteiger partial charge in [-0.25, -0.2) is 4.79 Å². The van der Waals surface area contributed by atoms with E-state index in [4.69, 9.17) is 9.84 Å². The van der Waals surface area contributed by atoms with E-state index < -0.39 is 11.6 Å². The zero-order valence-electron chi connectivity index (χ0n) is 29.9. The van der Waals surface area contributed by atoms with Crippen LogP contribution in [0.2, 0.25) is 0 Å². The minimum absolute atomic E-state index is 0.0898. The average molecular weight is 699 g/mol. The normalized spacial score (nSPS) is 16.1. The number of nitrogens with one attached hydrogen (secondary N) is 2. The molecule has 0 aliphatic carbocycles. The van der Waals surface area contributed by atoms with Crippen molar-refractivity contribution < 1.29 is 24.2 Å². The maximum atomic E-state index is 13.6. The second-order valence-corrected chi connectivity index (χ2v) is 15.4. The molecule has 0 spiro atoms. The number of benzene rings is 2. The maximum Gasteiger partial charge on any atom is 0.410 e. The smallest absolute Gasteiger partial charge is 0.410 e. The Morgan fingerprint density at radius 1 is 1.06 bits per heavy atom. The summed E-state index contributed by atoms with van der Waals surface area (Å²) in [6.07, 6.45) is 3.60. The molecule has 0 bridgehead atoms. The lowest BCUT2D eigenvalue weighted by molar-refractivity contribution is -0.137. The van der Waals surface area contributed by atoms with Crippen LogP contribution in [0.25, 0.3) is 10.4 Å². The third-order valence-electron chi connectivity index (χ3n) is 9.18. The van der Waals surface area contributed by atoms with E-state index in [0.29, 0.717) is 24.6 Å². The molecule has 2 aromatic carbocycles. The molecule has 9 nitrogen and oxygen atoms in total. The lowest BCUT2D eigenvalue weighted by Crippen LogP contribution is -2.57. The largest absolute Gasteiger partial charge is 0.481 e. The van der Waals surface area contributed by atoms with E-state index in [1.54, 1.807) is 16.2 Å². The van der Waals surface area contributed by atoms with Crippen LogP contribution in [0.5, 0.6) is 0 Å². The van der Waals surface area contributed by atoms with Crippen LogP contribution in [0.15, 0.2) is 53.9 Å². The van der Waals surface area contributed by atoms with Gasteiger partial charge in [0, 0.05) is 52.7 Å². The van der Waals surface area contributed by atoms with Gasteiger partial charge in [0.1, 0.15) is 5.60 Å². The zero-order chi connectivity index (χ0) is 35.8. The molecular weight excluding hydrogens is 649 g/mol. The second-order valence-electron chi connectivity index (χ2n) is 14.5. The van der Waals surface area contributed by atoms with Crippen molar-refractivity contribution in [2.45, 2.75) is 84.4 Å². The number of carboxylic acids is 1. The highest BCUT2D eigenvalue weighted by Gasteiger charge is 2.33. The Kier molecular flexibility index (Phi) is 12.3. The Labute approximate surface area is 300 Å².